The van der Waals surface area contributed by atoms with E-state index in [-0.39, 0.29) is 6.54 Å². The molecule has 24 heavy (non-hydrogen) atoms. The fraction of sp³-hybridized carbons (Fsp3) is 0.250. The molecule has 1 amide bonds. The van der Waals surface area contributed by atoms with Gasteiger partial charge in [-0.25, -0.2) is 0 Å². The minimum absolute atomic E-state index is 0.285. The molecule has 1 heterocycles. The number of halogens is 4. The van der Waals surface area contributed by atoms with E-state index in [4.69, 9.17) is 11.6 Å². The molecule has 0 aliphatic carbocycles. The molecule has 8 heteroatoms. The molecule has 0 saturated carbocycles. The number of hydrogen-bond donors (Lipinski definition) is 1. The summed E-state index contributed by atoms with van der Waals surface area (Å²) < 4.78 is 38.7. The first kappa shape index (κ1) is 18.1. The van der Waals surface area contributed by atoms with E-state index >= 15 is 0 Å². The van der Waals surface area contributed by atoms with Gasteiger partial charge in [0.1, 0.15) is 12.1 Å². The number of pyridine rings is 1. The molecule has 0 fully saturated rings. The number of carbonyl (C=O) groups excluding carboxylic acids is 1. The van der Waals surface area contributed by atoms with E-state index in [9.17, 15) is 22.8 Å². The fourth-order valence-corrected chi connectivity index (χ4v) is 2.34. The van der Waals surface area contributed by atoms with Crippen LogP contribution in [0.5, 0.6) is 0 Å². The monoisotopic (exact) mass is 358 g/mol. The Morgan fingerprint density at radius 3 is 2.62 bits per heavy atom. The Hall–Kier alpha value is -2.28. The molecule has 1 N–H and O–H groups in total. The Kier molecular flexibility index (Phi) is 5.66. The van der Waals surface area contributed by atoms with Gasteiger partial charge in [-0.1, -0.05) is 23.7 Å². The van der Waals surface area contributed by atoms with Crippen LogP contribution in [0.3, 0.4) is 0 Å². The predicted molar refractivity (Wildman–Crippen MR) is 83.9 cm³/mol. The van der Waals surface area contributed by atoms with Crippen LogP contribution in [0.4, 0.5) is 13.2 Å². The first-order valence-electron chi connectivity index (χ1n) is 7.05. The largest absolute Gasteiger partial charge is 0.421 e. The van der Waals surface area contributed by atoms with Crippen LogP contribution in [0.25, 0.3) is 0 Å². The molecule has 0 spiro atoms. The van der Waals surface area contributed by atoms with Crippen LogP contribution in [0.15, 0.2) is 47.4 Å². The highest BCUT2D eigenvalue weighted by Crippen LogP contribution is 2.25. The molecule has 0 saturated heterocycles. The van der Waals surface area contributed by atoms with Crippen molar-refractivity contribution in [3.63, 3.8) is 0 Å². The quantitative estimate of drug-likeness (QED) is 0.893. The van der Waals surface area contributed by atoms with Crippen LogP contribution in [0, 0.1) is 0 Å². The highest BCUT2D eigenvalue weighted by atomic mass is 35.5. The summed E-state index contributed by atoms with van der Waals surface area (Å²) in [4.78, 5) is 23.5. The zero-order valence-electron chi connectivity index (χ0n) is 12.4. The van der Waals surface area contributed by atoms with Gasteiger partial charge >= 0.3 is 6.18 Å². The lowest BCUT2D eigenvalue weighted by Gasteiger charge is -2.10. The second-order valence-corrected chi connectivity index (χ2v) is 5.52. The van der Waals surface area contributed by atoms with Crippen molar-refractivity contribution < 1.29 is 18.0 Å². The summed E-state index contributed by atoms with van der Waals surface area (Å²) in [5.41, 5.74) is -1.62. The second kappa shape index (κ2) is 7.53. The van der Waals surface area contributed by atoms with E-state index in [2.05, 4.69) is 5.32 Å². The molecular formula is C16H14ClF3N2O2. The number of rotatable bonds is 5. The van der Waals surface area contributed by atoms with Gasteiger partial charge in [0.15, 0.2) is 0 Å². The van der Waals surface area contributed by atoms with Crippen molar-refractivity contribution in [2.24, 2.45) is 0 Å². The number of benzene rings is 1. The summed E-state index contributed by atoms with van der Waals surface area (Å²) >= 11 is 5.85. The van der Waals surface area contributed by atoms with Gasteiger partial charge in [0.2, 0.25) is 5.91 Å². The molecule has 2 aromatic rings. The molecule has 0 radical (unpaired) electrons. The topological polar surface area (TPSA) is 51.1 Å². The highest BCUT2D eigenvalue weighted by molar-refractivity contribution is 6.30. The Bertz CT molecular complexity index is 787. The van der Waals surface area contributed by atoms with Gasteiger partial charge in [0, 0.05) is 17.8 Å². The summed E-state index contributed by atoms with van der Waals surface area (Å²) in [6.07, 6.45) is -3.08. The average molecular weight is 359 g/mol. The van der Waals surface area contributed by atoms with Gasteiger partial charge in [-0.15, -0.1) is 0 Å². The first-order valence-corrected chi connectivity index (χ1v) is 7.43. The van der Waals surface area contributed by atoms with E-state index < -0.39 is 29.8 Å². The number of amides is 1. The molecule has 2 rings (SSSR count). The number of nitrogens with zero attached hydrogens (tertiary/aromatic N) is 1. The third kappa shape index (κ3) is 4.86. The van der Waals surface area contributed by atoms with Crippen molar-refractivity contribution >= 4 is 17.5 Å². The van der Waals surface area contributed by atoms with Crippen LogP contribution in [-0.2, 0) is 23.9 Å². The molecule has 0 atom stereocenters. The number of aromatic nitrogens is 1. The SMILES string of the molecule is O=C(Cn1cccc(C(F)(F)F)c1=O)NCCc1cccc(Cl)c1. The Balaban J connectivity index is 1.94. The highest BCUT2D eigenvalue weighted by Gasteiger charge is 2.34. The van der Waals surface area contributed by atoms with Crippen LogP contribution in [-0.4, -0.2) is 17.0 Å². The normalized spacial score (nSPS) is 11.3. The lowest BCUT2D eigenvalue weighted by Crippen LogP contribution is -2.35. The van der Waals surface area contributed by atoms with E-state index in [1.807, 2.05) is 6.07 Å². The number of hydrogen-bond acceptors (Lipinski definition) is 2. The summed E-state index contributed by atoms with van der Waals surface area (Å²) in [6, 6.07) is 8.88. The molecule has 0 aliphatic heterocycles. The average Bonchev–Trinajstić information content (AvgIpc) is 2.48. The summed E-state index contributed by atoms with van der Waals surface area (Å²) in [7, 11) is 0. The van der Waals surface area contributed by atoms with Gasteiger partial charge in [-0.3, -0.25) is 9.59 Å². The van der Waals surface area contributed by atoms with Crippen molar-refractivity contribution in [2.45, 2.75) is 19.1 Å². The van der Waals surface area contributed by atoms with Crippen LogP contribution in [0.2, 0.25) is 5.02 Å². The molecule has 1 aromatic heterocycles. The molecule has 0 unspecified atom stereocenters. The lowest BCUT2D eigenvalue weighted by molar-refractivity contribution is -0.139. The third-order valence-electron chi connectivity index (χ3n) is 3.26. The van der Waals surface area contributed by atoms with Gasteiger partial charge in [0.05, 0.1) is 0 Å². The number of nitrogens with one attached hydrogen (secondary N) is 1. The molecule has 4 nitrogen and oxygen atoms in total. The Morgan fingerprint density at radius 1 is 1.21 bits per heavy atom. The molecule has 0 bridgehead atoms. The maximum atomic E-state index is 12.7. The zero-order chi connectivity index (χ0) is 17.7. The van der Waals surface area contributed by atoms with Gasteiger partial charge in [-0.05, 0) is 36.2 Å². The maximum Gasteiger partial charge on any atom is 0.421 e. The van der Waals surface area contributed by atoms with Crippen LogP contribution >= 0.6 is 11.6 Å². The predicted octanol–water partition coefficient (Wildman–Crippen LogP) is 2.88. The van der Waals surface area contributed by atoms with Crippen molar-refractivity contribution in [1.82, 2.24) is 9.88 Å². The van der Waals surface area contributed by atoms with Crippen molar-refractivity contribution in [1.29, 1.82) is 0 Å². The van der Waals surface area contributed by atoms with Gasteiger partial charge < -0.3 is 9.88 Å². The third-order valence-corrected chi connectivity index (χ3v) is 3.50. The van der Waals surface area contributed by atoms with Crippen LogP contribution in [0.1, 0.15) is 11.1 Å². The summed E-state index contributed by atoms with van der Waals surface area (Å²) in [5, 5.41) is 3.14. The first-order chi connectivity index (χ1) is 11.3. The standard InChI is InChI=1S/C16H14ClF3N2O2/c17-12-4-1-3-11(9-12)6-7-21-14(23)10-22-8-2-5-13(15(22)24)16(18,19)20/h1-5,8-9H,6-7,10H2,(H,21,23). The van der Waals surface area contributed by atoms with E-state index in [0.717, 1.165) is 22.4 Å². The van der Waals surface area contributed by atoms with Crippen molar-refractivity contribution in [3.05, 3.63) is 69.1 Å². The van der Waals surface area contributed by atoms with Gasteiger partial charge in [-0.2, -0.15) is 13.2 Å². The second-order valence-electron chi connectivity index (χ2n) is 5.08. The number of carbonyl (C=O) groups is 1. The van der Waals surface area contributed by atoms with Crippen molar-refractivity contribution in [3.8, 4) is 0 Å². The van der Waals surface area contributed by atoms with Crippen LogP contribution < -0.4 is 10.9 Å². The lowest BCUT2D eigenvalue weighted by atomic mass is 10.1. The zero-order valence-corrected chi connectivity index (χ0v) is 13.2. The fourth-order valence-electron chi connectivity index (χ4n) is 2.13. The Morgan fingerprint density at radius 2 is 1.96 bits per heavy atom. The number of alkyl halides is 3. The smallest absolute Gasteiger partial charge is 0.354 e. The molecular weight excluding hydrogens is 345 g/mol. The molecule has 0 aliphatic rings. The van der Waals surface area contributed by atoms with Gasteiger partial charge in [0.25, 0.3) is 5.56 Å². The minimum Gasteiger partial charge on any atom is -0.354 e. The minimum atomic E-state index is -4.75. The van der Waals surface area contributed by atoms with E-state index in [0.29, 0.717) is 17.5 Å². The summed E-state index contributed by atoms with van der Waals surface area (Å²) in [6.45, 7) is -0.189. The summed E-state index contributed by atoms with van der Waals surface area (Å²) in [5.74, 6) is -0.543. The molecule has 1 aromatic carbocycles. The molecule has 128 valence electrons. The van der Waals surface area contributed by atoms with E-state index in [1.54, 1.807) is 18.2 Å². The van der Waals surface area contributed by atoms with Crippen molar-refractivity contribution in [2.75, 3.05) is 6.54 Å². The maximum absolute atomic E-state index is 12.7. The Labute approximate surface area is 140 Å². The van der Waals surface area contributed by atoms with E-state index in [1.165, 1.54) is 0 Å².